The van der Waals surface area contributed by atoms with Crippen LogP contribution in [0.3, 0.4) is 0 Å². The Hall–Kier alpha value is 0.650. The van der Waals surface area contributed by atoms with E-state index in [2.05, 4.69) is 12.2 Å². The summed E-state index contributed by atoms with van der Waals surface area (Å²) in [5.41, 5.74) is 0. The average Bonchev–Trinajstić information content (AvgIpc) is 2.40. The fraction of sp³-hybridized carbons (Fsp3) is 0. The molecule has 2 nitrogen and oxygen atoms in total. The van der Waals surface area contributed by atoms with Gasteiger partial charge in [-0.05, 0) is 23.6 Å². The van der Waals surface area contributed by atoms with Crippen LogP contribution < -0.4 is 8.68 Å². The van der Waals surface area contributed by atoms with E-state index < -0.39 is 9.18 Å². The Morgan fingerprint density at radius 2 is 1.26 bits per heavy atom. The van der Waals surface area contributed by atoms with Gasteiger partial charge in [-0.1, -0.05) is 24.4 Å². The number of pyridine rings is 2. The summed E-state index contributed by atoms with van der Waals surface area (Å²) in [5.74, 6) is 0. The highest BCUT2D eigenvalue weighted by atomic mass is 33.5. The van der Waals surface area contributed by atoms with E-state index in [1.54, 1.807) is 0 Å². The lowest BCUT2D eigenvalue weighted by molar-refractivity contribution is -0.506. The molecule has 0 saturated heterocycles. The standard InChI is InChI=1S/C10H10N2P2S5/c15-13(16,11-7-3-1-4-8-11)19-14(17,18)12-9-5-2-6-10-12/h1-10H/p+1. The number of thiol groups is 1. The van der Waals surface area contributed by atoms with Crippen molar-refractivity contribution in [3.63, 3.8) is 0 Å². The van der Waals surface area contributed by atoms with Gasteiger partial charge in [0.05, 0.1) is 0 Å². The summed E-state index contributed by atoms with van der Waals surface area (Å²) in [5, 5.41) is 0. The van der Waals surface area contributed by atoms with Crippen molar-refractivity contribution in [2.75, 3.05) is 0 Å². The molecule has 2 aromatic heterocycles. The monoisotopic (exact) mass is 381 g/mol. The fourth-order valence-corrected chi connectivity index (χ4v) is 25.6. The Balaban J connectivity index is 2.31. The molecule has 0 aliphatic rings. The van der Waals surface area contributed by atoms with Gasteiger partial charge >= 0.3 is 4.59 Å². The smallest absolute Gasteiger partial charge is 0.307 e. The van der Waals surface area contributed by atoms with Gasteiger partial charge in [-0.3, -0.25) is 0 Å². The molecule has 9 heteroatoms. The van der Waals surface area contributed by atoms with E-state index in [9.17, 15) is 0 Å². The maximum Gasteiger partial charge on any atom is 0.307 e. The predicted molar refractivity (Wildman–Crippen MR) is 96.6 cm³/mol. The molecule has 0 saturated carbocycles. The first-order chi connectivity index (χ1) is 8.92. The van der Waals surface area contributed by atoms with Crippen LogP contribution in [-0.2, 0) is 35.9 Å². The molecule has 0 fully saturated rings. The third kappa shape index (κ3) is 4.31. The molecule has 0 radical (unpaired) electrons. The van der Waals surface area contributed by atoms with Crippen molar-refractivity contribution in [2.45, 2.75) is 0 Å². The average molecular weight is 381 g/mol. The second-order valence-electron chi connectivity index (χ2n) is 3.55. The molecule has 0 amide bonds. The molecule has 0 spiro atoms. The molecular weight excluding hydrogens is 370 g/mol. The van der Waals surface area contributed by atoms with Crippen LogP contribution in [0.5, 0.6) is 0 Å². The van der Waals surface area contributed by atoms with Crippen molar-refractivity contribution in [1.29, 1.82) is 0 Å². The summed E-state index contributed by atoms with van der Waals surface area (Å²) in [7, 11) is 0. The fourth-order valence-electron chi connectivity index (χ4n) is 1.33. The molecule has 2 aromatic rings. The van der Waals surface area contributed by atoms with Crippen molar-refractivity contribution >= 4 is 68.3 Å². The molecule has 0 N–H and O–H groups in total. The van der Waals surface area contributed by atoms with E-state index in [0.29, 0.717) is 0 Å². The molecule has 2 atom stereocenters. The van der Waals surface area contributed by atoms with Crippen LogP contribution in [0.4, 0.5) is 0 Å². The second kappa shape index (κ2) is 6.61. The van der Waals surface area contributed by atoms with Crippen molar-refractivity contribution in [3.05, 3.63) is 61.2 Å². The maximum absolute atomic E-state index is 5.64. The summed E-state index contributed by atoms with van der Waals surface area (Å²) < 4.78 is -0.541. The van der Waals surface area contributed by atoms with Crippen LogP contribution in [0.2, 0.25) is 0 Å². The highest BCUT2D eigenvalue weighted by Crippen LogP contribution is 2.74. The molecule has 0 bridgehead atoms. The topological polar surface area (TPSA) is 7.76 Å². The van der Waals surface area contributed by atoms with E-state index in [0.717, 1.165) is 0 Å². The van der Waals surface area contributed by atoms with Crippen LogP contribution in [0.15, 0.2) is 61.2 Å². The molecule has 19 heavy (non-hydrogen) atoms. The third-order valence-corrected chi connectivity index (χ3v) is 20.1. The predicted octanol–water partition coefficient (Wildman–Crippen LogP) is 3.32. The molecule has 0 aliphatic heterocycles. The Labute approximate surface area is 137 Å². The van der Waals surface area contributed by atoms with Crippen molar-refractivity contribution in [1.82, 2.24) is 0 Å². The lowest BCUT2D eigenvalue weighted by atomic mass is 10.5. The van der Waals surface area contributed by atoms with Gasteiger partial charge in [-0.25, -0.2) is 0 Å². The second-order valence-corrected chi connectivity index (χ2v) is 22.6. The number of nitrogens with zero attached hydrogens (tertiary/aromatic N) is 2. The summed E-state index contributed by atoms with van der Waals surface area (Å²) in [6.07, 6.45) is 7.64. The zero-order valence-electron chi connectivity index (χ0n) is 9.64. The Bertz CT molecular complexity index is 592. The largest absolute Gasteiger partial charge is 0.665 e. The molecule has 0 aliphatic carbocycles. The summed E-state index contributed by atoms with van der Waals surface area (Å²) in [6.45, 7) is 0. The van der Waals surface area contributed by atoms with Gasteiger partial charge in [0.15, 0.2) is 24.8 Å². The minimum atomic E-state index is -2.23. The van der Waals surface area contributed by atoms with Crippen molar-refractivity contribution in [3.8, 4) is 0 Å². The van der Waals surface area contributed by atoms with Gasteiger partial charge in [0, 0.05) is 35.3 Å². The Kier molecular flexibility index (Phi) is 5.58. The molecular formula is C10H11N2P2S5+. The Morgan fingerprint density at radius 1 is 0.842 bits per heavy atom. The Morgan fingerprint density at radius 3 is 1.74 bits per heavy atom. The van der Waals surface area contributed by atoms with Crippen LogP contribution in [0, 0.1) is 0 Å². The van der Waals surface area contributed by atoms with Gasteiger partial charge in [0.1, 0.15) is 4.59 Å². The normalized spacial score (nSPS) is 17.4. The number of rotatable bonds is 4. The van der Waals surface area contributed by atoms with Crippen LogP contribution in [-0.4, -0.2) is 0 Å². The van der Waals surface area contributed by atoms with Crippen molar-refractivity contribution in [2.24, 2.45) is 0 Å². The minimum Gasteiger partial charge on any atom is -0.665 e. The van der Waals surface area contributed by atoms with Gasteiger partial charge in [-0.2, -0.15) is 8.68 Å². The van der Waals surface area contributed by atoms with E-state index in [-0.39, 0.29) is 0 Å². The molecule has 0 aromatic carbocycles. The quantitative estimate of drug-likeness (QED) is 0.493. The van der Waals surface area contributed by atoms with E-state index in [1.807, 2.05) is 69.9 Å². The summed E-state index contributed by atoms with van der Waals surface area (Å²) >= 11 is 23.0. The zero-order chi connectivity index (χ0) is 13.9. The van der Waals surface area contributed by atoms with Crippen LogP contribution in [0.25, 0.3) is 0 Å². The van der Waals surface area contributed by atoms with Crippen molar-refractivity contribution < 1.29 is 8.68 Å². The van der Waals surface area contributed by atoms with Gasteiger partial charge < -0.3 is 12.2 Å². The van der Waals surface area contributed by atoms with Gasteiger partial charge in [0.2, 0.25) is 0 Å². The maximum atomic E-state index is 5.64. The molecule has 2 rings (SSSR count). The number of aromatic nitrogens is 2. The van der Waals surface area contributed by atoms with Crippen LogP contribution in [0.1, 0.15) is 0 Å². The zero-order valence-corrected chi connectivity index (χ0v) is 15.6. The highest BCUT2D eigenvalue weighted by Gasteiger charge is 2.31. The van der Waals surface area contributed by atoms with E-state index in [1.165, 1.54) is 11.0 Å². The first-order valence-corrected chi connectivity index (χ1v) is 14.9. The SMILES string of the molecule is S=P([S-])(SP(=S)(S)[n+]1ccccc1)[n+]1ccccc1. The highest BCUT2D eigenvalue weighted by molar-refractivity contribution is 9.17. The molecule has 100 valence electrons. The van der Waals surface area contributed by atoms with E-state index >= 15 is 0 Å². The molecule has 2 heterocycles. The van der Waals surface area contributed by atoms with Crippen LogP contribution >= 0.6 is 32.4 Å². The summed E-state index contributed by atoms with van der Waals surface area (Å²) in [4.78, 5) is 0. The third-order valence-electron chi connectivity index (χ3n) is 2.18. The van der Waals surface area contributed by atoms with Gasteiger partial charge in [-0.15, -0.1) is 0 Å². The number of hydrogen-bond donors (Lipinski definition) is 1. The lowest BCUT2D eigenvalue weighted by Gasteiger charge is -2.22. The molecule has 2 unspecified atom stereocenters. The van der Waals surface area contributed by atoms with E-state index in [4.69, 9.17) is 35.9 Å². The first kappa shape index (κ1) is 16.0. The lowest BCUT2D eigenvalue weighted by Crippen LogP contribution is -2.29. The van der Waals surface area contributed by atoms with Gasteiger partial charge in [0.25, 0.3) is 0 Å². The number of hydrogen-bond acceptors (Lipinski definition) is 4. The first-order valence-electron chi connectivity index (χ1n) is 5.21. The summed E-state index contributed by atoms with van der Waals surface area (Å²) in [6, 6.07) is 11.6. The minimum absolute atomic E-state index is 1.47.